The molecule has 0 bridgehead atoms. The molecule has 6 rings (SSSR count). The second kappa shape index (κ2) is 8.00. The van der Waals surface area contributed by atoms with E-state index in [1.807, 2.05) is 36.4 Å². The Balaban J connectivity index is 1.27. The molecule has 1 aliphatic heterocycles. The van der Waals surface area contributed by atoms with Crippen molar-refractivity contribution in [2.45, 2.75) is 42.4 Å². The zero-order chi connectivity index (χ0) is 25.1. The summed E-state index contributed by atoms with van der Waals surface area (Å²) in [5.41, 5.74) is 3.20. The number of hydrogen-bond donors (Lipinski definition) is 1. The fourth-order valence-electron chi connectivity index (χ4n) is 5.20. The number of amides is 2. The molecular weight excluding hydrogens is 476 g/mol. The number of sulfonamides is 1. The smallest absolute Gasteiger partial charge is 0.283 e. The number of carbonyl (C=O) groups is 2. The molecule has 8 nitrogen and oxygen atoms in total. The summed E-state index contributed by atoms with van der Waals surface area (Å²) >= 11 is 0. The molecular formula is C27H22N4O4S. The summed E-state index contributed by atoms with van der Waals surface area (Å²) in [6, 6.07) is 22.0. The van der Waals surface area contributed by atoms with Gasteiger partial charge >= 0.3 is 0 Å². The van der Waals surface area contributed by atoms with Gasteiger partial charge in [-0.3, -0.25) is 9.59 Å². The van der Waals surface area contributed by atoms with Crippen LogP contribution < -0.4 is 9.62 Å². The topological polar surface area (TPSA) is 120 Å². The van der Waals surface area contributed by atoms with Gasteiger partial charge in [0.2, 0.25) is 15.9 Å². The molecule has 2 heterocycles. The van der Waals surface area contributed by atoms with Gasteiger partial charge in [0.15, 0.2) is 0 Å². The first-order valence-corrected chi connectivity index (χ1v) is 13.3. The molecule has 9 heteroatoms. The first kappa shape index (κ1) is 22.4. The SMILES string of the molecule is N#Cc1ccc([C@@H]2C[C@@]23C(=O)N(Cc2cccc(C(=O)NS(=O)(=O)C4CC4)n2)c2ccccc23)cc1. The van der Waals surface area contributed by atoms with Gasteiger partial charge < -0.3 is 4.90 Å². The third-order valence-corrected chi connectivity index (χ3v) is 9.08. The van der Waals surface area contributed by atoms with Crippen LogP contribution in [0.15, 0.2) is 66.7 Å². The van der Waals surface area contributed by atoms with Gasteiger partial charge in [-0.15, -0.1) is 0 Å². The number of nitrogens with zero attached hydrogens (tertiary/aromatic N) is 3. The quantitative estimate of drug-likeness (QED) is 0.558. The minimum Gasteiger partial charge on any atom is -0.305 e. The van der Waals surface area contributed by atoms with E-state index in [2.05, 4.69) is 15.8 Å². The lowest BCUT2D eigenvalue weighted by atomic mass is 9.92. The first-order chi connectivity index (χ1) is 17.3. The van der Waals surface area contributed by atoms with Crippen molar-refractivity contribution in [3.63, 3.8) is 0 Å². The fraction of sp³-hybridized carbons (Fsp3) is 0.259. The van der Waals surface area contributed by atoms with Gasteiger partial charge in [0.25, 0.3) is 5.91 Å². The molecule has 2 fully saturated rings. The Bertz CT molecular complexity index is 1560. The van der Waals surface area contributed by atoms with Gasteiger partial charge in [0.1, 0.15) is 5.69 Å². The van der Waals surface area contributed by atoms with Crippen molar-refractivity contribution in [1.29, 1.82) is 5.26 Å². The summed E-state index contributed by atoms with van der Waals surface area (Å²) in [6.07, 6.45) is 1.79. The minimum atomic E-state index is -3.68. The van der Waals surface area contributed by atoms with E-state index >= 15 is 0 Å². The Morgan fingerprint density at radius 2 is 1.83 bits per heavy atom. The number of fused-ring (bicyclic) bond motifs is 2. The fourth-order valence-corrected chi connectivity index (χ4v) is 6.48. The average Bonchev–Trinajstić information content (AvgIpc) is 3.80. The molecule has 0 saturated heterocycles. The van der Waals surface area contributed by atoms with Gasteiger partial charge in [0.05, 0.1) is 34.5 Å². The monoisotopic (exact) mass is 498 g/mol. The van der Waals surface area contributed by atoms with Crippen molar-refractivity contribution in [3.05, 3.63) is 94.8 Å². The summed E-state index contributed by atoms with van der Waals surface area (Å²) in [7, 11) is -3.68. The number of benzene rings is 2. The maximum absolute atomic E-state index is 13.8. The standard InChI is InChI=1S/C27H22N4O4S/c28-15-17-8-10-18(11-9-17)22-14-27(22)21-5-1-2-7-24(21)31(26(27)33)16-19-4-3-6-23(29-19)25(32)30-36(34,35)20-12-13-20/h1-11,20,22H,12-14,16H2,(H,30,32)/t22-,27-/m0/s1. The van der Waals surface area contributed by atoms with Crippen molar-refractivity contribution in [1.82, 2.24) is 9.71 Å². The molecule has 36 heavy (non-hydrogen) atoms. The molecule has 0 radical (unpaired) electrons. The molecule has 3 aliphatic rings. The lowest BCUT2D eigenvalue weighted by Gasteiger charge is -2.18. The van der Waals surface area contributed by atoms with E-state index in [9.17, 15) is 18.0 Å². The zero-order valence-corrected chi connectivity index (χ0v) is 20.0. The number of nitriles is 1. The summed E-state index contributed by atoms with van der Waals surface area (Å²) < 4.78 is 26.4. The second-order valence-electron chi connectivity index (χ2n) is 9.56. The van der Waals surface area contributed by atoms with Crippen molar-refractivity contribution in [2.75, 3.05) is 4.90 Å². The highest BCUT2D eigenvalue weighted by Crippen LogP contribution is 2.66. The normalized spacial score (nSPS) is 22.2. The molecule has 2 atom stereocenters. The Labute approximate surface area is 208 Å². The number of rotatable bonds is 6. The van der Waals surface area contributed by atoms with Gasteiger partial charge in [-0.25, -0.2) is 18.1 Å². The van der Waals surface area contributed by atoms with Crippen LogP contribution in [0.25, 0.3) is 0 Å². The molecule has 3 aromatic rings. The molecule has 2 aliphatic carbocycles. The Morgan fingerprint density at radius 3 is 2.56 bits per heavy atom. The lowest BCUT2D eigenvalue weighted by molar-refractivity contribution is -0.120. The number of para-hydroxylation sites is 1. The number of nitrogens with one attached hydrogen (secondary N) is 1. The van der Waals surface area contributed by atoms with E-state index < -0.39 is 26.6 Å². The van der Waals surface area contributed by atoms with E-state index in [1.54, 1.807) is 29.2 Å². The maximum Gasteiger partial charge on any atom is 0.283 e. The maximum atomic E-state index is 13.8. The molecule has 2 amide bonds. The third kappa shape index (κ3) is 3.57. The van der Waals surface area contributed by atoms with Crippen LogP contribution in [0.1, 0.15) is 58.1 Å². The predicted molar refractivity (Wildman–Crippen MR) is 131 cm³/mol. The van der Waals surface area contributed by atoms with E-state index in [0.29, 0.717) is 30.5 Å². The van der Waals surface area contributed by atoms with Crippen LogP contribution in [0, 0.1) is 11.3 Å². The highest BCUT2D eigenvalue weighted by molar-refractivity contribution is 7.91. The van der Waals surface area contributed by atoms with E-state index in [4.69, 9.17) is 5.26 Å². The van der Waals surface area contributed by atoms with Crippen molar-refractivity contribution < 1.29 is 18.0 Å². The van der Waals surface area contributed by atoms with Gasteiger partial charge in [-0.1, -0.05) is 36.4 Å². The third-order valence-electron chi connectivity index (χ3n) is 7.26. The van der Waals surface area contributed by atoms with Crippen LogP contribution in [0.2, 0.25) is 0 Å². The van der Waals surface area contributed by atoms with Gasteiger partial charge in [0, 0.05) is 11.6 Å². The van der Waals surface area contributed by atoms with Crippen LogP contribution in [0.4, 0.5) is 5.69 Å². The average molecular weight is 499 g/mol. The highest BCUT2D eigenvalue weighted by Gasteiger charge is 2.67. The van der Waals surface area contributed by atoms with Crippen LogP contribution in [-0.2, 0) is 26.8 Å². The largest absolute Gasteiger partial charge is 0.305 e. The predicted octanol–water partition coefficient (Wildman–Crippen LogP) is 3.15. The molecule has 0 unspecified atom stereocenters. The van der Waals surface area contributed by atoms with Crippen LogP contribution in [0.5, 0.6) is 0 Å². The first-order valence-electron chi connectivity index (χ1n) is 11.8. The lowest BCUT2D eigenvalue weighted by Crippen LogP contribution is -2.34. The van der Waals surface area contributed by atoms with Gasteiger partial charge in [-0.05, 0) is 60.7 Å². The van der Waals surface area contributed by atoms with E-state index in [1.165, 1.54) is 6.07 Å². The van der Waals surface area contributed by atoms with Crippen molar-refractivity contribution in [3.8, 4) is 6.07 Å². The second-order valence-corrected chi connectivity index (χ2v) is 11.5. The number of pyridine rings is 1. The number of hydrogen-bond acceptors (Lipinski definition) is 6. The molecule has 2 aromatic carbocycles. The summed E-state index contributed by atoms with van der Waals surface area (Å²) in [5, 5.41) is 8.59. The molecule has 180 valence electrons. The number of aromatic nitrogens is 1. The van der Waals surface area contributed by atoms with E-state index in [0.717, 1.165) is 16.8 Å². The molecule has 1 aromatic heterocycles. The van der Waals surface area contributed by atoms with Crippen molar-refractivity contribution >= 4 is 27.5 Å². The zero-order valence-electron chi connectivity index (χ0n) is 19.2. The number of anilines is 1. The molecule has 2 saturated carbocycles. The molecule has 1 N–H and O–H groups in total. The van der Waals surface area contributed by atoms with Gasteiger partial charge in [-0.2, -0.15) is 5.26 Å². The Kier molecular flexibility index (Phi) is 4.99. The summed E-state index contributed by atoms with van der Waals surface area (Å²) in [6.45, 7) is 0.161. The minimum absolute atomic E-state index is 0.00625. The van der Waals surface area contributed by atoms with E-state index in [-0.39, 0.29) is 24.1 Å². The summed E-state index contributed by atoms with van der Waals surface area (Å²) in [5.74, 6) is -0.774. The summed E-state index contributed by atoms with van der Waals surface area (Å²) in [4.78, 5) is 32.5. The van der Waals surface area contributed by atoms with Crippen LogP contribution in [-0.4, -0.2) is 30.5 Å². The molecule has 1 spiro atoms. The highest BCUT2D eigenvalue weighted by atomic mass is 32.2. The van der Waals surface area contributed by atoms with Crippen LogP contribution >= 0.6 is 0 Å². The number of carbonyl (C=O) groups excluding carboxylic acids is 2. The van der Waals surface area contributed by atoms with Crippen molar-refractivity contribution in [2.24, 2.45) is 0 Å². The Hall–Kier alpha value is -4.03. The Morgan fingerprint density at radius 1 is 1.08 bits per heavy atom. The van der Waals surface area contributed by atoms with Crippen LogP contribution in [0.3, 0.4) is 0 Å².